The summed E-state index contributed by atoms with van der Waals surface area (Å²) in [6.45, 7) is 2.20. The lowest BCUT2D eigenvalue weighted by Gasteiger charge is -2.21. The number of anilines is 1. The maximum absolute atomic E-state index is 15.7. The van der Waals surface area contributed by atoms with Crippen LogP contribution in [0.4, 0.5) is 10.2 Å². The summed E-state index contributed by atoms with van der Waals surface area (Å²) in [7, 11) is 5.98. The van der Waals surface area contributed by atoms with Gasteiger partial charge in [0, 0.05) is 44.0 Å². The lowest BCUT2D eigenvalue weighted by Crippen LogP contribution is -2.31. The Morgan fingerprint density at radius 1 is 1.14 bits per heavy atom. The number of nitrogens with zero attached hydrogens (tertiary/aromatic N) is 6. The van der Waals surface area contributed by atoms with Crippen molar-refractivity contribution in [1.82, 2.24) is 24.0 Å². The first-order valence-corrected chi connectivity index (χ1v) is 12.6. The third kappa shape index (κ3) is 3.11. The molecule has 2 aliphatic heterocycles. The molecule has 3 aliphatic rings. The molecule has 0 spiro atoms. The molecule has 1 saturated heterocycles. The lowest BCUT2D eigenvalue weighted by molar-refractivity contribution is 0.239. The topological polar surface area (TPSA) is 68.4 Å². The van der Waals surface area contributed by atoms with E-state index >= 15 is 4.39 Å². The van der Waals surface area contributed by atoms with Crippen molar-refractivity contribution in [2.75, 3.05) is 38.7 Å². The highest BCUT2D eigenvalue weighted by atomic mass is 19.1. The highest BCUT2D eigenvalue weighted by Crippen LogP contribution is 2.47. The Morgan fingerprint density at radius 3 is 2.67 bits per heavy atom. The van der Waals surface area contributed by atoms with Crippen molar-refractivity contribution in [2.45, 2.75) is 31.3 Å². The molecular formula is C27H29FN6O2. The number of likely N-dealkylation sites (N-methyl/N-ethyl adjacent to an activating group) is 1. The number of hydrogen-bond donors (Lipinski definition) is 0. The monoisotopic (exact) mass is 488 g/mol. The van der Waals surface area contributed by atoms with Gasteiger partial charge in [-0.2, -0.15) is 0 Å². The average molecular weight is 489 g/mol. The summed E-state index contributed by atoms with van der Waals surface area (Å²) in [5, 5.41) is 0.696. The van der Waals surface area contributed by atoms with Gasteiger partial charge in [-0.3, -0.25) is 14.1 Å². The van der Waals surface area contributed by atoms with E-state index in [2.05, 4.69) is 28.9 Å². The Kier molecular flexibility index (Phi) is 4.70. The van der Waals surface area contributed by atoms with Crippen molar-refractivity contribution >= 4 is 27.8 Å². The number of ether oxygens (including phenoxy) is 1. The second-order valence-corrected chi connectivity index (χ2v) is 10.6. The van der Waals surface area contributed by atoms with Crippen LogP contribution < -0.4 is 15.3 Å². The molecule has 2 unspecified atom stereocenters. The fourth-order valence-corrected chi connectivity index (χ4v) is 6.00. The molecule has 0 N–H and O–H groups in total. The van der Waals surface area contributed by atoms with Crippen LogP contribution in [0.1, 0.15) is 25.3 Å². The van der Waals surface area contributed by atoms with Crippen LogP contribution in [0.25, 0.3) is 33.1 Å². The Balaban J connectivity index is 1.38. The molecule has 1 aliphatic carbocycles. The zero-order valence-corrected chi connectivity index (χ0v) is 20.7. The average Bonchev–Trinajstić information content (AvgIpc) is 3.56. The number of aryl methyl sites for hydroxylation is 1. The number of pyridine rings is 2. The maximum Gasteiger partial charge on any atom is 0.329 e. The van der Waals surface area contributed by atoms with E-state index in [0.717, 1.165) is 49.2 Å². The van der Waals surface area contributed by atoms with Crippen LogP contribution >= 0.6 is 0 Å². The molecule has 1 saturated carbocycles. The van der Waals surface area contributed by atoms with Gasteiger partial charge in [0.05, 0.1) is 39.7 Å². The van der Waals surface area contributed by atoms with Crippen molar-refractivity contribution in [3.05, 3.63) is 46.9 Å². The SMILES string of the molecule is CN(C)C1CCN(c2ccc(-c3c(F)cc4ncc5c6c4c3OCC(C3CC3)n6c(=O)n5C)cn2)C1. The van der Waals surface area contributed by atoms with Crippen molar-refractivity contribution < 1.29 is 9.13 Å². The largest absolute Gasteiger partial charge is 0.490 e. The molecule has 3 aromatic heterocycles. The summed E-state index contributed by atoms with van der Waals surface area (Å²) in [5.74, 6) is 1.34. The number of benzene rings is 1. The number of hydrogen-bond acceptors (Lipinski definition) is 6. The van der Waals surface area contributed by atoms with Crippen LogP contribution in [-0.2, 0) is 7.05 Å². The van der Waals surface area contributed by atoms with E-state index in [1.807, 2.05) is 16.7 Å². The van der Waals surface area contributed by atoms with Crippen LogP contribution in [0.3, 0.4) is 0 Å². The van der Waals surface area contributed by atoms with Crippen LogP contribution in [-0.4, -0.2) is 63.8 Å². The Bertz CT molecular complexity index is 1570. The first-order valence-electron chi connectivity index (χ1n) is 12.6. The molecule has 7 rings (SSSR count). The summed E-state index contributed by atoms with van der Waals surface area (Å²) in [5.41, 5.74) is 2.97. The molecule has 5 heterocycles. The third-order valence-corrected chi connectivity index (χ3v) is 8.26. The standard InChI is InChI=1S/C27H29FN6O2/c1-31(2)17-8-9-33(13-17)22-7-6-16(11-30-22)23-18(28)10-19-24-25-20(12-29-19)32(3)27(35)34(25)21(15-4-5-15)14-36-26(23)24/h6-7,10-12,15,17,21H,4-5,8-9,13-14H2,1-3H3. The third-order valence-electron chi connectivity index (χ3n) is 8.26. The smallest absolute Gasteiger partial charge is 0.329 e. The van der Waals surface area contributed by atoms with Crippen LogP contribution in [0.2, 0.25) is 0 Å². The van der Waals surface area contributed by atoms with E-state index in [0.29, 0.717) is 46.3 Å². The van der Waals surface area contributed by atoms with E-state index in [-0.39, 0.29) is 11.7 Å². The van der Waals surface area contributed by atoms with Gasteiger partial charge >= 0.3 is 5.69 Å². The van der Waals surface area contributed by atoms with Crippen LogP contribution in [0.15, 0.2) is 35.4 Å². The summed E-state index contributed by atoms with van der Waals surface area (Å²) >= 11 is 0. The fourth-order valence-electron chi connectivity index (χ4n) is 6.00. The fraction of sp³-hybridized carbons (Fsp3) is 0.444. The molecule has 9 heteroatoms. The van der Waals surface area contributed by atoms with Crippen molar-refractivity contribution in [1.29, 1.82) is 0 Å². The summed E-state index contributed by atoms with van der Waals surface area (Å²) in [4.78, 5) is 27.0. The number of imidazole rings is 1. The predicted molar refractivity (Wildman–Crippen MR) is 137 cm³/mol. The highest BCUT2D eigenvalue weighted by molar-refractivity contribution is 6.09. The lowest BCUT2D eigenvalue weighted by atomic mass is 10.0. The zero-order valence-electron chi connectivity index (χ0n) is 20.7. The van der Waals surface area contributed by atoms with Crippen molar-refractivity contribution in [3.63, 3.8) is 0 Å². The summed E-state index contributed by atoms with van der Waals surface area (Å²) in [6, 6.07) is 5.76. The molecule has 2 fully saturated rings. The van der Waals surface area contributed by atoms with Gasteiger partial charge < -0.3 is 14.5 Å². The van der Waals surface area contributed by atoms with Crippen LogP contribution in [0.5, 0.6) is 5.75 Å². The molecule has 0 radical (unpaired) electrons. The molecule has 4 aromatic rings. The Labute approximate surface area is 207 Å². The molecular weight excluding hydrogens is 459 g/mol. The molecule has 8 nitrogen and oxygen atoms in total. The van der Waals surface area contributed by atoms with Gasteiger partial charge in [0.15, 0.2) is 0 Å². The van der Waals surface area contributed by atoms with Crippen molar-refractivity contribution in [3.8, 4) is 16.9 Å². The van der Waals surface area contributed by atoms with Gasteiger partial charge in [-0.25, -0.2) is 14.2 Å². The second-order valence-electron chi connectivity index (χ2n) is 10.6. The molecule has 0 bridgehead atoms. The number of halogens is 1. The number of aromatic nitrogens is 4. The minimum Gasteiger partial charge on any atom is -0.490 e. The van der Waals surface area contributed by atoms with E-state index in [4.69, 9.17) is 9.72 Å². The second kappa shape index (κ2) is 7.77. The van der Waals surface area contributed by atoms with Gasteiger partial charge in [-0.15, -0.1) is 0 Å². The summed E-state index contributed by atoms with van der Waals surface area (Å²) < 4.78 is 25.5. The maximum atomic E-state index is 15.7. The van der Waals surface area contributed by atoms with E-state index in [9.17, 15) is 4.79 Å². The first kappa shape index (κ1) is 21.8. The van der Waals surface area contributed by atoms with Gasteiger partial charge in [0.25, 0.3) is 0 Å². The highest BCUT2D eigenvalue weighted by Gasteiger charge is 2.38. The first-order chi connectivity index (χ1) is 17.4. The number of rotatable bonds is 4. The van der Waals surface area contributed by atoms with Gasteiger partial charge in [0.1, 0.15) is 24.0 Å². The zero-order chi connectivity index (χ0) is 24.7. The molecule has 1 aromatic carbocycles. The molecule has 36 heavy (non-hydrogen) atoms. The Morgan fingerprint density at radius 2 is 1.97 bits per heavy atom. The van der Waals surface area contributed by atoms with Gasteiger partial charge in [-0.1, -0.05) is 0 Å². The normalized spacial score (nSPS) is 21.6. The minimum absolute atomic E-state index is 0.0737. The van der Waals surface area contributed by atoms with Crippen molar-refractivity contribution in [2.24, 2.45) is 13.0 Å². The minimum atomic E-state index is -0.401. The van der Waals surface area contributed by atoms with Gasteiger partial charge in [0.2, 0.25) is 0 Å². The Hall–Kier alpha value is -3.46. The van der Waals surface area contributed by atoms with E-state index in [1.54, 1.807) is 24.0 Å². The van der Waals surface area contributed by atoms with E-state index < -0.39 is 5.82 Å². The van der Waals surface area contributed by atoms with Crippen LogP contribution in [0, 0.1) is 11.7 Å². The van der Waals surface area contributed by atoms with E-state index in [1.165, 1.54) is 6.07 Å². The molecule has 0 amide bonds. The predicted octanol–water partition coefficient (Wildman–Crippen LogP) is 3.57. The summed E-state index contributed by atoms with van der Waals surface area (Å²) in [6.07, 6.45) is 6.63. The molecule has 186 valence electrons. The van der Waals surface area contributed by atoms with Gasteiger partial charge in [-0.05, 0) is 51.4 Å². The molecule has 2 atom stereocenters. The quantitative estimate of drug-likeness (QED) is 0.438.